The van der Waals surface area contributed by atoms with E-state index in [1.165, 1.54) is 48.2 Å². The third-order valence-corrected chi connectivity index (χ3v) is 4.20. The van der Waals surface area contributed by atoms with Gasteiger partial charge in [0.15, 0.2) is 0 Å². The molecule has 0 heterocycles. The fraction of sp³-hybridized carbons (Fsp3) is 0.263. The van der Waals surface area contributed by atoms with Crippen molar-refractivity contribution in [3.05, 3.63) is 70.5 Å². The van der Waals surface area contributed by atoms with Crippen molar-refractivity contribution in [1.29, 1.82) is 0 Å². The molecule has 0 aliphatic heterocycles. The molecule has 1 aliphatic rings. The van der Waals surface area contributed by atoms with Crippen LogP contribution in [0.4, 0.5) is 4.39 Å². The normalized spacial score (nSPS) is 14.3. The second kappa shape index (κ2) is 6.73. The average molecular weight is 310 g/mol. The number of carbonyl (C=O) groups is 1. The zero-order valence-corrected chi connectivity index (χ0v) is 13.1. The molecule has 1 amide bonds. The first-order valence-electron chi connectivity index (χ1n) is 7.86. The number of hydrazone groups is 1. The molecule has 0 radical (unpaired) electrons. The first-order valence-corrected chi connectivity index (χ1v) is 7.86. The Hall–Kier alpha value is -2.49. The summed E-state index contributed by atoms with van der Waals surface area (Å²) < 4.78 is 12.9. The third kappa shape index (κ3) is 3.65. The van der Waals surface area contributed by atoms with Gasteiger partial charge in [-0.15, -0.1) is 0 Å². The Balaban J connectivity index is 1.72. The number of nitrogens with zero attached hydrogens (tertiary/aromatic N) is 1. The smallest absolute Gasteiger partial charge is 0.267 e. The van der Waals surface area contributed by atoms with Gasteiger partial charge in [-0.2, -0.15) is 5.10 Å². The molecule has 0 atom stereocenters. The molecule has 4 heteroatoms. The predicted octanol–water partition coefficient (Wildman–Crippen LogP) is 3.86. The van der Waals surface area contributed by atoms with E-state index in [1.807, 2.05) is 13.0 Å². The van der Waals surface area contributed by atoms with Crippen molar-refractivity contribution in [2.45, 2.75) is 32.6 Å². The van der Waals surface area contributed by atoms with Gasteiger partial charge < -0.3 is 0 Å². The zero-order valence-electron chi connectivity index (χ0n) is 13.1. The summed E-state index contributed by atoms with van der Waals surface area (Å²) in [5.41, 5.74) is 7.48. The summed E-state index contributed by atoms with van der Waals surface area (Å²) in [5.74, 6) is -0.711. The largest absolute Gasteiger partial charge is 0.271 e. The Bertz CT molecular complexity index is 750. The Morgan fingerprint density at radius 3 is 2.39 bits per heavy atom. The van der Waals surface area contributed by atoms with Crippen LogP contribution in [-0.4, -0.2) is 11.6 Å². The standard InChI is InChI=1S/C19H19FN2O/c1-13(16-7-6-14-4-2-3-5-17(14)12-16)21-22-19(23)15-8-10-18(20)11-9-15/h6-12H,2-5H2,1H3,(H,22,23)/b21-13+. The minimum absolute atomic E-state index is 0.345. The van der Waals surface area contributed by atoms with Crippen LogP contribution >= 0.6 is 0 Å². The first kappa shape index (κ1) is 15.4. The van der Waals surface area contributed by atoms with Crippen LogP contribution < -0.4 is 5.43 Å². The minimum atomic E-state index is -0.365. The van der Waals surface area contributed by atoms with Crippen molar-refractivity contribution in [2.24, 2.45) is 5.10 Å². The van der Waals surface area contributed by atoms with Gasteiger partial charge in [0.1, 0.15) is 5.82 Å². The summed E-state index contributed by atoms with van der Waals surface area (Å²) in [5, 5.41) is 4.17. The second-order valence-electron chi connectivity index (χ2n) is 5.84. The highest BCUT2D eigenvalue weighted by Gasteiger charge is 2.11. The highest BCUT2D eigenvalue weighted by atomic mass is 19.1. The Kier molecular flexibility index (Phi) is 4.51. The monoisotopic (exact) mass is 310 g/mol. The van der Waals surface area contributed by atoms with Crippen molar-refractivity contribution >= 4 is 11.6 Å². The lowest BCUT2D eigenvalue weighted by Crippen LogP contribution is -2.19. The molecule has 23 heavy (non-hydrogen) atoms. The van der Waals surface area contributed by atoms with Gasteiger partial charge in [-0.1, -0.05) is 12.1 Å². The summed E-state index contributed by atoms with van der Waals surface area (Å²) in [6.07, 6.45) is 4.74. The maximum Gasteiger partial charge on any atom is 0.271 e. The highest BCUT2D eigenvalue weighted by Crippen LogP contribution is 2.22. The van der Waals surface area contributed by atoms with E-state index in [9.17, 15) is 9.18 Å². The van der Waals surface area contributed by atoms with Crippen molar-refractivity contribution in [2.75, 3.05) is 0 Å². The third-order valence-electron chi connectivity index (χ3n) is 4.20. The maximum absolute atomic E-state index is 12.9. The lowest BCUT2D eigenvalue weighted by atomic mass is 9.90. The summed E-state index contributed by atoms with van der Waals surface area (Å²) >= 11 is 0. The molecule has 0 saturated carbocycles. The molecular formula is C19H19FN2O. The number of hydrogen-bond acceptors (Lipinski definition) is 2. The summed E-state index contributed by atoms with van der Waals surface area (Å²) in [6.45, 7) is 1.87. The number of carbonyl (C=O) groups excluding carboxylic acids is 1. The molecule has 0 saturated heterocycles. The van der Waals surface area contributed by atoms with E-state index in [2.05, 4.69) is 22.7 Å². The van der Waals surface area contributed by atoms with Gasteiger partial charge >= 0.3 is 0 Å². The lowest BCUT2D eigenvalue weighted by molar-refractivity contribution is 0.0955. The molecule has 1 aliphatic carbocycles. The number of hydrogen-bond donors (Lipinski definition) is 1. The van der Waals surface area contributed by atoms with Crippen LogP contribution in [0.15, 0.2) is 47.6 Å². The van der Waals surface area contributed by atoms with E-state index in [0.717, 1.165) is 24.1 Å². The van der Waals surface area contributed by atoms with E-state index in [4.69, 9.17) is 0 Å². The molecule has 0 unspecified atom stereocenters. The predicted molar refractivity (Wildman–Crippen MR) is 89.2 cm³/mol. The Morgan fingerprint density at radius 2 is 1.65 bits per heavy atom. The molecule has 3 nitrogen and oxygen atoms in total. The number of amides is 1. The fourth-order valence-corrected chi connectivity index (χ4v) is 2.82. The van der Waals surface area contributed by atoms with Crippen molar-refractivity contribution in [3.63, 3.8) is 0 Å². The van der Waals surface area contributed by atoms with Gasteiger partial charge in [-0.05, 0) is 79.6 Å². The number of halogens is 1. The Morgan fingerprint density at radius 1 is 1.00 bits per heavy atom. The van der Waals surface area contributed by atoms with Crippen LogP contribution in [0.5, 0.6) is 0 Å². The van der Waals surface area contributed by atoms with Gasteiger partial charge in [0, 0.05) is 5.56 Å². The second-order valence-corrected chi connectivity index (χ2v) is 5.84. The highest BCUT2D eigenvalue weighted by molar-refractivity contribution is 6.01. The molecule has 0 spiro atoms. The van der Waals surface area contributed by atoms with E-state index >= 15 is 0 Å². The van der Waals surface area contributed by atoms with Crippen LogP contribution in [0.25, 0.3) is 0 Å². The first-order chi connectivity index (χ1) is 11.1. The lowest BCUT2D eigenvalue weighted by Gasteiger charge is -2.16. The van der Waals surface area contributed by atoms with Gasteiger partial charge in [0.05, 0.1) is 5.71 Å². The van der Waals surface area contributed by atoms with Crippen LogP contribution in [0, 0.1) is 5.82 Å². The molecule has 3 rings (SSSR count). The summed E-state index contributed by atoms with van der Waals surface area (Å²) in [4.78, 5) is 12.0. The number of nitrogens with one attached hydrogen (secondary N) is 1. The van der Waals surface area contributed by atoms with Gasteiger partial charge in [0.25, 0.3) is 5.91 Å². The van der Waals surface area contributed by atoms with Crippen LogP contribution in [-0.2, 0) is 12.8 Å². The van der Waals surface area contributed by atoms with Crippen LogP contribution in [0.3, 0.4) is 0 Å². The quantitative estimate of drug-likeness (QED) is 0.679. The number of fused-ring (bicyclic) bond motifs is 1. The molecular weight excluding hydrogens is 291 g/mol. The molecule has 1 N–H and O–H groups in total. The van der Waals surface area contributed by atoms with Gasteiger partial charge in [-0.3, -0.25) is 4.79 Å². The van der Waals surface area contributed by atoms with Crippen LogP contribution in [0.2, 0.25) is 0 Å². The van der Waals surface area contributed by atoms with Crippen molar-refractivity contribution in [3.8, 4) is 0 Å². The topological polar surface area (TPSA) is 41.5 Å². The maximum atomic E-state index is 12.9. The van der Waals surface area contributed by atoms with E-state index in [0.29, 0.717) is 5.56 Å². The number of rotatable bonds is 3. The van der Waals surface area contributed by atoms with Gasteiger partial charge in [-0.25, -0.2) is 9.82 Å². The van der Waals surface area contributed by atoms with Crippen molar-refractivity contribution < 1.29 is 9.18 Å². The minimum Gasteiger partial charge on any atom is -0.267 e. The number of benzene rings is 2. The molecule has 0 aromatic heterocycles. The van der Waals surface area contributed by atoms with Crippen LogP contribution in [0.1, 0.15) is 46.8 Å². The van der Waals surface area contributed by atoms with E-state index < -0.39 is 0 Å². The van der Waals surface area contributed by atoms with Crippen molar-refractivity contribution in [1.82, 2.24) is 5.43 Å². The van der Waals surface area contributed by atoms with E-state index in [1.54, 1.807) is 0 Å². The SMILES string of the molecule is C/C(=N\NC(=O)c1ccc(F)cc1)c1ccc2c(c1)CCCC2. The summed E-state index contributed by atoms with van der Waals surface area (Å²) in [7, 11) is 0. The number of aryl methyl sites for hydroxylation is 2. The van der Waals surface area contributed by atoms with Gasteiger partial charge in [0.2, 0.25) is 0 Å². The molecule has 2 aromatic carbocycles. The Labute approximate surface area is 135 Å². The average Bonchev–Trinajstić information content (AvgIpc) is 2.59. The molecule has 2 aromatic rings. The summed E-state index contributed by atoms with van der Waals surface area (Å²) in [6, 6.07) is 11.8. The molecule has 118 valence electrons. The fourth-order valence-electron chi connectivity index (χ4n) is 2.82. The molecule has 0 fully saturated rings. The zero-order chi connectivity index (χ0) is 16.2. The molecule has 0 bridgehead atoms. The van der Waals surface area contributed by atoms with E-state index in [-0.39, 0.29) is 11.7 Å².